The van der Waals surface area contributed by atoms with Gasteiger partial charge in [-0.1, -0.05) is 26.0 Å². The van der Waals surface area contributed by atoms with E-state index in [1.54, 1.807) is 18.2 Å². The summed E-state index contributed by atoms with van der Waals surface area (Å²) in [6.45, 7) is 10.0. The summed E-state index contributed by atoms with van der Waals surface area (Å²) in [7, 11) is 0. The van der Waals surface area contributed by atoms with Gasteiger partial charge in [0.1, 0.15) is 0 Å². The van der Waals surface area contributed by atoms with Gasteiger partial charge >= 0.3 is 5.97 Å². The summed E-state index contributed by atoms with van der Waals surface area (Å²) in [5.41, 5.74) is 0.481. The van der Waals surface area contributed by atoms with Crippen LogP contribution in [0.1, 0.15) is 67.7 Å². The fourth-order valence-electron chi connectivity index (χ4n) is 3.05. The van der Waals surface area contributed by atoms with E-state index in [1.165, 1.54) is 6.07 Å². The van der Waals surface area contributed by atoms with E-state index in [0.29, 0.717) is 12.5 Å². The van der Waals surface area contributed by atoms with Crippen molar-refractivity contribution in [3.63, 3.8) is 0 Å². The Balaban J connectivity index is 0.00000139. The molecule has 1 heterocycles. The molecular formula is C19H30N2O3. The van der Waals surface area contributed by atoms with Crippen LogP contribution in [-0.4, -0.2) is 35.6 Å². The standard InChI is InChI=1S/C17H24N2O3.C2H6/c1-17(2)10-12(11-19-17)6-5-9-18-15(20)13-7-3-4-8-14(13)16(21)22;1-2/h3-4,7-8,12,19H,5-6,9-11H2,1-2H3,(H,18,20)(H,21,22);1-2H3. The van der Waals surface area contributed by atoms with Gasteiger partial charge in [-0.25, -0.2) is 4.79 Å². The van der Waals surface area contributed by atoms with Gasteiger partial charge in [0.15, 0.2) is 0 Å². The maximum atomic E-state index is 12.1. The number of carboxylic acids is 1. The van der Waals surface area contributed by atoms with Crippen molar-refractivity contribution >= 4 is 11.9 Å². The van der Waals surface area contributed by atoms with Crippen molar-refractivity contribution in [1.82, 2.24) is 10.6 Å². The molecule has 5 nitrogen and oxygen atoms in total. The van der Waals surface area contributed by atoms with E-state index in [2.05, 4.69) is 24.5 Å². The summed E-state index contributed by atoms with van der Waals surface area (Å²) < 4.78 is 0. The van der Waals surface area contributed by atoms with E-state index in [-0.39, 0.29) is 22.6 Å². The average Bonchev–Trinajstić information content (AvgIpc) is 2.92. The minimum Gasteiger partial charge on any atom is -0.478 e. The molecule has 0 saturated carbocycles. The maximum Gasteiger partial charge on any atom is 0.336 e. The second-order valence-electron chi connectivity index (χ2n) is 6.58. The van der Waals surface area contributed by atoms with Gasteiger partial charge in [-0.15, -0.1) is 0 Å². The number of hydrogen-bond donors (Lipinski definition) is 3. The number of aromatic carboxylic acids is 1. The maximum absolute atomic E-state index is 12.1. The first kappa shape index (κ1) is 20.2. The number of carboxylic acid groups (broad SMARTS) is 1. The van der Waals surface area contributed by atoms with Gasteiger partial charge in [-0.3, -0.25) is 4.79 Å². The molecular weight excluding hydrogens is 304 g/mol. The number of carbonyl (C=O) groups is 2. The van der Waals surface area contributed by atoms with Crippen LogP contribution < -0.4 is 10.6 Å². The number of benzene rings is 1. The smallest absolute Gasteiger partial charge is 0.336 e. The van der Waals surface area contributed by atoms with Crippen LogP contribution in [0.2, 0.25) is 0 Å². The Morgan fingerprint density at radius 3 is 2.42 bits per heavy atom. The summed E-state index contributed by atoms with van der Waals surface area (Å²) in [4.78, 5) is 23.2. The zero-order valence-corrected chi connectivity index (χ0v) is 15.2. The van der Waals surface area contributed by atoms with Crippen molar-refractivity contribution in [2.75, 3.05) is 13.1 Å². The van der Waals surface area contributed by atoms with Gasteiger partial charge in [0.2, 0.25) is 0 Å². The zero-order chi connectivity index (χ0) is 18.2. The van der Waals surface area contributed by atoms with Crippen molar-refractivity contribution in [3.05, 3.63) is 35.4 Å². The third-order valence-corrected chi connectivity index (χ3v) is 4.15. The third-order valence-electron chi connectivity index (χ3n) is 4.15. The molecule has 1 aliphatic heterocycles. The lowest BCUT2D eigenvalue weighted by molar-refractivity contribution is 0.0691. The first-order valence-corrected chi connectivity index (χ1v) is 8.74. The summed E-state index contributed by atoms with van der Waals surface area (Å²) in [5, 5.41) is 15.4. The summed E-state index contributed by atoms with van der Waals surface area (Å²) in [5.74, 6) is -0.744. The van der Waals surface area contributed by atoms with Crippen LogP contribution in [0.4, 0.5) is 0 Å². The minimum atomic E-state index is -1.08. The lowest BCUT2D eigenvalue weighted by Gasteiger charge is -2.17. The molecule has 1 amide bonds. The molecule has 0 bridgehead atoms. The third kappa shape index (κ3) is 5.96. The average molecular weight is 334 g/mol. The van der Waals surface area contributed by atoms with E-state index >= 15 is 0 Å². The zero-order valence-electron chi connectivity index (χ0n) is 15.2. The molecule has 1 aromatic rings. The molecule has 5 heteroatoms. The highest BCUT2D eigenvalue weighted by atomic mass is 16.4. The van der Waals surface area contributed by atoms with Crippen LogP contribution in [-0.2, 0) is 0 Å². The predicted molar refractivity (Wildman–Crippen MR) is 96.5 cm³/mol. The molecule has 0 spiro atoms. The van der Waals surface area contributed by atoms with Crippen LogP contribution >= 0.6 is 0 Å². The van der Waals surface area contributed by atoms with Crippen molar-refractivity contribution in [2.24, 2.45) is 5.92 Å². The minimum absolute atomic E-state index is 0.0433. The Kier molecular flexibility index (Phi) is 7.92. The van der Waals surface area contributed by atoms with Crippen LogP contribution in [0.3, 0.4) is 0 Å². The highest BCUT2D eigenvalue weighted by Crippen LogP contribution is 2.26. The van der Waals surface area contributed by atoms with E-state index in [9.17, 15) is 9.59 Å². The van der Waals surface area contributed by atoms with Gasteiger partial charge in [-0.05, 0) is 57.7 Å². The van der Waals surface area contributed by atoms with Gasteiger partial charge in [0.25, 0.3) is 5.91 Å². The van der Waals surface area contributed by atoms with Gasteiger partial charge in [0, 0.05) is 12.1 Å². The molecule has 2 rings (SSSR count). The van der Waals surface area contributed by atoms with Crippen molar-refractivity contribution in [2.45, 2.75) is 52.5 Å². The number of rotatable bonds is 6. The van der Waals surface area contributed by atoms with Crippen LogP contribution in [0.5, 0.6) is 0 Å². The molecule has 24 heavy (non-hydrogen) atoms. The topological polar surface area (TPSA) is 78.4 Å². The molecule has 0 aliphatic carbocycles. The lowest BCUT2D eigenvalue weighted by Crippen LogP contribution is -2.31. The lowest BCUT2D eigenvalue weighted by atomic mass is 9.94. The molecule has 134 valence electrons. The summed E-state index contributed by atoms with van der Waals surface area (Å²) in [6, 6.07) is 6.29. The number of nitrogens with one attached hydrogen (secondary N) is 2. The van der Waals surface area contributed by atoms with Crippen molar-refractivity contribution < 1.29 is 14.7 Å². The molecule has 0 radical (unpaired) electrons. The highest BCUT2D eigenvalue weighted by Gasteiger charge is 2.29. The Hall–Kier alpha value is -1.88. The van der Waals surface area contributed by atoms with Gasteiger partial charge < -0.3 is 15.7 Å². The first-order valence-electron chi connectivity index (χ1n) is 8.74. The second-order valence-corrected chi connectivity index (χ2v) is 6.58. The summed E-state index contributed by atoms with van der Waals surface area (Å²) in [6.07, 6.45) is 3.13. The molecule has 1 aliphatic rings. The quantitative estimate of drug-likeness (QED) is 0.698. The van der Waals surface area contributed by atoms with Crippen molar-refractivity contribution in [1.29, 1.82) is 0 Å². The Labute approximate surface area is 144 Å². The molecule has 1 saturated heterocycles. The van der Waals surface area contributed by atoms with Gasteiger partial charge in [-0.2, -0.15) is 0 Å². The van der Waals surface area contributed by atoms with E-state index in [4.69, 9.17) is 5.11 Å². The normalized spacial score (nSPS) is 18.4. The molecule has 1 atom stereocenters. The first-order chi connectivity index (χ1) is 11.4. The van der Waals surface area contributed by atoms with Gasteiger partial charge in [0.05, 0.1) is 11.1 Å². The molecule has 1 unspecified atom stereocenters. The fraction of sp³-hybridized carbons (Fsp3) is 0.579. The van der Waals surface area contributed by atoms with Crippen LogP contribution in [0, 0.1) is 5.92 Å². The fourth-order valence-corrected chi connectivity index (χ4v) is 3.05. The Morgan fingerprint density at radius 1 is 1.25 bits per heavy atom. The highest BCUT2D eigenvalue weighted by molar-refractivity contribution is 6.04. The van der Waals surface area contributed by atoms with E-state index < -0.39 is 5.97 Å². The van der Waals surface area contributed by atoms with E-state index in [1.807, 2.05) is 13.8 Å². The summed E-state index contributed by atoms with van der Waals surface area (Å²) >= 11 is 0. The second kappa shape index (κ2) is 9.42. The number of hydrogen-bond acceptors (Lipinski definition) is 3. The Morgan fingerprint density at radius 2 is 1.88 bits per heavy atom. The Bertz CT molecular complexity index is 555. The molecule has 0 aromatic heterocycles. The predicted octanol–water partition coefficient (Wildman–Crippen LogP) is 3.31. The SMILES string of the molecule is CC.CC1(C)CC(CCCNC(=O)c2ccccc2C(=O)O)CN1. The van der Waals surface area contributed by atoms with Crippen molar-refractivity contribution in [3.8, 4) is 0 Å². The molecule has 3 N–H and O–H groups in total. The van der Waals surface area contributed by atoms with Crippen LogP contribution in [0.25, 0.3) is 0 Å². The van der Waals surface area contributed by atoms with Crippen LogP contribution in [0.15, 0.2) is 24.3 Å². The number of amides is 1. The largest absolute Gasteiger partial charge is 0.478 e. The molecule has 1 fully saturated rings. The van der Waals surface area contributed by atoms with E-state index in [0.717, 1.165) is 25.8 Å². The monoisotopic (exact) mass is 334 g/mol. The number of carbonyl (C=O) groups excluding carboxylic acids is 1. The molecule has 1 aromatic carbocycles.